The highest BCUT2D eigenvalue weighted by Gasteiger charge is 2.22. The van der Waals surface area contributed by atoms with E-state index in [0.717, 1.165) is 16.6 Å². The minimum atomic E-state index is -0.202. The Balaban J connectivity index is 1.85. The zero-order valence-corrected chi connectivity index (χ0v) is 15.9. The van der Waals surface area contributed by atoms with E-state index in [4.69, 9.17) is 22.7 Å². The Kier molecular flexibility index (Phi) is 4.51. The first kappa shape index (κ1) is 17.4. The average Bonchev–Trinajstić information content (AvgIpc) is 2.98. The second-order valence-electron chi connectivity index (χ2n) is 5.76. The van der Waals surface area contributed by atoms with Crippen LogP contribution >= 0.6 is 24.0 Å². The molecule has 0 spiro atoms. The van der Waals surface area contributed by atoms with Gasteiger partial charge in [-0.1, -0.05) is 42.2 Å². The summed E-state index contributed by atoms with van der Waals surface area (Å²) in [6.45, 7) is 0. The SMILES string of the molecule is COc1ccc(C=C2SC(=S)NC2=O)cc1-c1nc2ccccc2nc1N. The number of anilines is 1. The Morgan fingerprint density at radius 1 is 1.19 bits per heavy atom. The maximum absolute atomic E-state index is 11.9. The van der Waals surface area contributed by atoms with E-state index in [2.05, 4.69) is 15.3 Å². The Bertz CT molecular complexity index is 1130. The Morgan fingerprint density at radius 3 is 2.59 bits per heavy atom. The van der Waals surface area contributed by atoms with E-state index < -0.39 is 0 Å². The van der Waals surface area contributed by atoms with Crippen LogP contribution in [0.15, 0.2) is 47.4 Å². The summed E-state index contributed by atoms with van der Waals surface area (Å²) in [5.41, 5.74) is 9.67. The van der Waals surface area contributed by atoms with Gasteiger partial charge in [0.05, 0.1) is 23.0 Å². The number of rotatable bonds is 3. The van der Waals surface area contributed by atoms with Gasteiger partial charge in [0.1, 0.15) is 15.8 Å². The second-order valence-corrected chi connectivity index (χ2v) is 7.48. The third kappa shape index (κ3) is 3.36. The number of nitrogens with zero attached hydrogens (tertiary/aromatic N) is 2. The van der Waals surface area contributed by atoms with Crippen molar-refractivity contribution in [3.63, 3.8) is 0 Å². The molecule has 0 bridgehead atoms. The van der Waals surface area contributed by atoms with Crippen LogP contribution < -0.4 is 15.8 Å². The van der Waals surface area contributed by atoms with Gasteiger partial charge in [-0.05, 0) is 35.9 Å². The molecular weight excluding hydrogens is 380 g/mol. The third-order valence-electron chi connectivity index (χ3n) is 4.02. The number of ether oxygens (including phenoxy) is 1. The molecule has 6 nitrogen and oxygen atoms in total. The van der Waals surface area contributed by atoms with Crippen molar-refractivity contribution in [2.75, 3.05) is 12.8 Å². The van der Waals surface area contributed by atoms with Gasteiger partial charge in [0, 0.05) is 5.56 Å². The highest BCUT2D eigenvalue weighted by molar-refractivity contribution is 8.26. The lowest BCUT2D eigenvalue weighted by Gasteiger charge is -2.12. The van der Waals surface area contributed by atoms with Crippen LogP contribution in [0, 0.1) is 0 Å². The van der Waals surface area contributed by atoms with Crippen LogP contribution in [0.4, 0.5) is 5.82 Å². The van der Waals surface area contributed by atoms with Crippen LogP contribution in [-0.2, 0) is 4.79 Å². The van der Waals surface area contributed by atoms with Crippen molar-refractivity contribution in [3.05, 3.63) is 52.9 Å². The molecule has 0 saturated carbocycles. The summed E-state index contributed by atoms with van der Waals surface area (Å²) in [6.07, 6.45) is 1.77. The molecule has 134 valence electrons. The highest BCUT2D eigenvalue weighted by atomic mass is 32.2. The fourth-order valence-corrected chi connectivity index (χ4v) is 3.83. The molecule has 0 unspecified atom stereocenters. The standard InChI is InChI=1S/C19H14N4O2S2/c1-25-14-7-6-10(9-15-18(24)23-19(26)27-15)8-11(14)16-17(20)22-13-5-3-2-4-12(13)21-16/h2-9H,1H3,(H2,20,22)(H,23,24,26). The summed E-state index contributed by atoms with van der Waals surface area (Å²) in [7, 11) is 1.58. The number of thiocarbonyl (C=S) groups is 1. The average molecular weight is 394 g/mol. The summed E-state index contributed by atoms with van der Waals surface area (Å²) in [4.78, 5) is 21.6. The molecule has 0 aliphatic carbocycles. The number of hydrogen-bond donors (Lipinski definition) is 2. The second kappa shape index (κ2) is 6.98. The molecule has 1 aliphatic heterocycles. The van der Waals surface area contributed by atoms with Gasteiger partial charge in [0.2, 0.25) is 0 Å². The summed E-state index contributed by atoms with van der Waals surface area (Å²) in [5, 5.41) is 2.61. The van der Waals surface area contributed by atoms with Crippen molar-refractivity contribution in [2.24, 2.45) is 0 Å². The van der Waals surface area contributed by atoms with Gasteiger partial charge in [-0.3, -0.25) is 4.79 Å². The Hall–Kier alpha value is -2.97. The van der Waals surface area contributed by atoms with Gasteiger partial charge in [-0.2, -0.15) is 0 Å². The van der Waals surface area contributed by atoms with Crippen LogP contribution in [0.3, 0.4) is 0 Å². The molecule has 2 aromatic carbocycles. The Morgan fingerprint density at radius 2 is 1.93 bits per heavy atom. The van der Waals surface area contributed by atoms with Crippen LogP contribution in [0.2, 0.25) is 0 Å². The zero-order valence-electron chi connectivity index (χ0n) is 14.2. The molecule has 0 radical (unpaired) electrons. The molecule has 8 heteroatoms. The number of aromatic nitrogens is 2. The van der Waals surface area contributed by atoms with Crippen LogP contribution in [0.5, 0.6) is 5.75 Å². The van der Waals surface area contributed by atoms with Crippen LogP contribution in [0.1, 0.15) is 5.56 Å². The number of amides is 1. The highest BCUT2D eigenvalue weighted by Crippen LogP contribution is 2.35. The molecule has 3 N–H and O–H groups in total. The zero-order chi connectivity index (χ0) is 19.0. The van der Waals surface area contributed by atoms with Crippen molar-refractivity contribution in [3.8, 4) is 17.0 Å². The van der Waals surface area contributed by atoms with Gasteiger partial charge >= 0.3 is 0 Å². The number of carbonyl (C=O) groups excluding carboxylic acids is 1. The topological polar surface area (TPSA) is 90.1 Å². The molecule has 1 fully saturated rings. The van der Waals surface area contributed by atoms with Crippen molar-refractivity contribution in [2.45, 2.75) is 0 Å². The van der Waals surface area contributed by atoms with Gasteiger partial charge < -0.3 is 15.8 Å². The monoisotopic (exact) mass is 394 g/mol. The van der Waals surface area contributed by atoms with Crippen molar-refractivity contribution in [1.29, 1.82) is 0 Å². The van der Waals surface area contributed by atoms with Crippen LogP contribution in [-0.4, -0.2) is 27.3 Å². The maximum atomic E-state index is 11.9. The summed E-state index contributed by atoms with van der Waals surface area (Å²) >= 11 is 6.26. The summed E-state index contributed by atoms with van der Waals surface area (Å²) < 4.78 is 5.93. The minimum Gasteiger partial charge on any atom is -0.496 e. The molecule has 2 heterocycles. The van der Waals surface area contributed by atoms with E-state index in [1.54, 1.807) is 13.2 Å². The number of nitrogens with two attached hydrogens (primary N) is 1. The first-order valence-electron chi connectivity index (χ1n) is 8.00. The van der Waals surface area contributed by atoms with Crippen molar-refractivity contribution >= 4 is 57.1 Å². The first-order chi connectivity index (χ1) is 13.0. The molecule has 4 rings (SSSR count). The summed E-state index contributed by atoms with van der Waals surface area (Å²) in [6, 6.07) is 13.1. The van der Waals surface area contributed by atoms with Crippen LogP contribution in [0.25, 0.3) is 28.4 Å². The van der Waals surface area contributed by atoms with E-state index in [1.807, 2.05) is 42.5 Å². The molecule has 1 saturated heterocycles. The molecule has 27 heavy (non-hydrogen) atoms. The third-order valence-corrected chi connectivity index (χ3v) is 5.18. The number of nitrogen functional groups attached to an aromatic ring is 1. The molecule has 1 aliphatic rings. The van der Waals surface area contributed by atoms with E-state index in [9.17, 15) is 4.79 Å². The molecule has 0 atom stereocenters. The lowest BCUT2D eigenvalue weighted by molar-refractivity contribution is -0.115. The molecule has 1 amide bonds. The van der Waals surface area contributed by atoms with E-state index in [-0.39, 0.29) is 5.91 Å². The van der Waals surface area contributed by atoms with E-state index in [0.29, 0.717) is 32.1 Å². The predicted octanol–water partition coefficient (Wildman–Crippen LogP) is 3.38. The first-order valence-corrected chi connectivity index (χ1v) is 9.23. The number of thioether (sulfide) groups is 1. The number of methoxy groups -OCH3 is 1. The largest absolute Gasteiger partial charge is 0.496 e. The van der Waals surface area contributed by atoms with Gasteiger partial charge in [-0.25, -0.2) is 9.97 Å². The summed E-state index contributed by atoms with van der Waals surface area (Å²) in [5.74, 6) is 0.728. The minimum absolute atomic E-state index is 0.202. The van der Waals surface area contributed by atoms with E-state index in [1.165, 1.54) is 11.8 Å². The smallest absolute Gasteiger partial charge is 0.263 e. The number of para-hydroxylation sites is 2. The number of benzene rings is 2. The quantitative estimate of drug-likeness (QED) is 0.520. The van der Waals surface area contributed by atoms with Gasteiger partial charge in [0.25, 0.3) is 5.91 Å². The normalized spacial score (nSPS) is 15.4. The van der Waals surface area contributed by atoms with Gasteiger partial charge in [-0.15, -0.1) is 0 Å². The molecule has 3 aromatic rings. The van der Waals surface area contributed by atoms with Crippen molar-refractivity contribution < 1.29 is 9.53 Å². The molecule has 1 aromatic heterocycles. The van der Waals surface area contributed by atoms with Gasteiger partial charge in [0.15, 0.2) is 5.82 Å². The Labute approximate surface area is 164 Å². The number of fused-ring (bicyclic) bond motifs is 1. The fraction of sp³-hybridized carbons (Fsp3) is 0.0526. The number of nitrogens with one attached hydrogen (secondary N) is 1. The lowest BCUT2D eigenvalue weighted by Crippen LogP contribution is -2.17. The van der Waals surface area contributed by atoms with E-state index >= 15 is 0 Å². The number of hydrogen-bond acceptors (Lipinski definition) is 7. The molecular formula is C19H14N4O2S2. The lowest BCUT2D eigenvalue weighted by atomic mass is 10.1. The maximum Gasteiger partial charge on any atom is 0.263 e. The fourth-order valence-electron chi connectivity index (χ4n) is 2.78. The number of carbonyl (C=O) groups is 1. The van der Waals surface area contributed by atoms with Crippen molar-refractivity contribution in [1.82, 2.24) is 15.3 Å². The predicted molar refractivity (Wildman–Crippen MR) is 112 cm³/mol.